The van der Waals surface area contributed by atoms with Crippen LogP contribution in [0.1, 0.15) is 39.5 Å². The highest BCUT2D eigenvalue weighted by Crippen LogP contribution is 2.02. The van der Waals surface area contributed by atoms with Crippen molar-refractivity contribution in [3.63, 3.8) is 0 Å². The summed E-state index contributed by atoms with van der Waals surface area (Å²) in [7, 11) is 0. The SMILES string of the molecule is C=CCCC(NC(=O)CNC(=O)CCC(C)C)C(=O)O. The lowest BCUT2D eigenvalue weighted by molar-refractivity contribution is -0.141. The van der Waals surface area contributed by atoms with Gasteiger partial charge in [-0.15, -0.1) is 6.58 Å². The predicted molar refractivity (Wildman–Crippen MR) is 76.1 cm³/mol. The van der Waals surface area contributed by atoms with Crippen molar-refractivity contribution in [1.82, 2.24) is 10.6 Å². The third-order valence-corrected chi connectivity index (χ3v) is 2.69. The Bertz CT molecular complexity index is 353. The molecule has 0 aromatic heterocycles. The topological polar surface area (TPSA) is 95.5 Å². The van der Waals surface area contributed by atoms with Gasteiger partial charge in [0.2, 0.25) is 11.8 Å². The molecule has 0 aliphatic heterocycles. The molecule has 1 atom stereocenters. The van der Waals surface area contributed by atoms with E-state index in [-0.39, 0.29) is 18.9 Å². The third kappa shape index (κ3) is 9.13. The lowest BCUT2D eigenvalue weighted by Crippen LogP contribution is -2.45. The fourth-order valence-corrected chi connectivity index (χ4v) is 1.47. The Balaban J connectivity index is 4.03. The molecule has 6 nitrogen and oxygen atoms in total. The molecule has 0 rings (SSSR count). The van der Waals surface area contributed by atoms with Crippen molar-refractivity contribution in [2.45, 2.75) is 45.6 Å². The zero-order chi connectivity index (χ0) is 15.5. The standard InChI is InChI=1S/C14H24N2O4/c1-4-5-6-11(14(19)20)16-13(18)9-15-12(17)8-7-10(2)3/h4,10-11H,1,5-9H2,2-3H3,(H,15,17)(H,16,18)(H,19,20). The first-order valence-electron chi connectivity index (χ1n) is 6.76. The van der Waals surface area contributed by atoms with Crippen LogP contribution in [-0.2, 0) is 14.4 Å². The summed E-state index contributed by atoms with van der Waals surface area (Å²) >= 11 is 0. The minimum atomic E-state index is -1.09. The summed E-state index contributed by atoms with van der Waals surface area (Å²) in [6.07, 6.45) is 3.49. The Labute approximate surface area is 119 Å². The number of nitrogens with one attached hydrogen (secondary N) is 2. The molecule has 0 aromatic rings. The minimum Gasteiger partial charge on any atom is -0.480 e. The Morgan fingerprint density at radius 3 is 2.35 bits per heavy atom. The van der Waals surface area contributed by atoms with E-state index in [1.54, 1.807) is 6.08 Å². The van der Waals surface area contributed by atoms with Gasteiger partial charge in [0.05, 0.1) is 6.54 Å². The van der Waals surface area contributed by atoms with Crippen LogP contribution in [0.3, 0.4) is 0 Å². The van der Waals surface area contributed by atoms with Crippen LogP contribution in [0, 0.1) is 5.92 Å². The first-order chi connectivity index (χ1) is 9.36. The summed E-state index contributed by atoms with van der Waals surface area (Å²) in [6.45, 7) is 7.32. The highest BCUT2D eigenvalue weighted by Gasteiger charge is 2.19. The molecule has 0 heterocycles. The van der Waals surface area contributed by atoms with Crippen molar-refractivity contribution in [2.75, 3.05) is 6.54 Å². The van der Waals surface area contributed by atoms with Crippen molar-refractivity contribution < 1.29 is 19.5 Å². The molecule has 0 saturated heterocycles. The molecular formula is C14H24N2O4. The minimum absolute atomic E-state index is 0.200. The molecule has 0 spiro atoms. The van der Waals surface area contributed by atoms with Crippen molar-refractivity contribution in [1.29, 1.82) is 0 Å². The van der Waals surface area contributed by atoms with E-state index >= 15 is 0 Å². The maximum absolute atomic E-state index is 11.5. The van der Waals surface area contributed by atoms with Crippen LogP contribution in [0.4, 0.5) is 0 Å². The average molecular weight is 284 g/mol. The van der Waals surface area contributed by atoms with Crippen molar-refractivity contribution in [3.05, 3.63) is 12.7 Å². The average Bonchev–Trinajstić information content (AvgIpc) is 2.38. The summed E-state index contributed by atoms with van der Waals surface area (Å²) in [5, 5.41) is 13.8. The van der Waals surface area contributed by atoms with Gasteiger partial charge in [-0.05, 0) is 25.2 Å². The van der Waals surface area contributed by atoms with Gasteiger partial charge < -0.3 is 15.7 Å². The zero-order valence-corrected chi connectivity index (χ0v) is 12.1. The molecule has 3 N–H and O–H groups in total. The molecule has 6 heteroatoms. The van der Waals surface area contributed by atoms with E-state index in [1.807, 2.05) is 13.8 Å². The van der Waals surface area contributed by atoms with Gasteiger partial charge in [-0.1, -0.05) is 19.9 Å². The van der Waals surface area contributed by atoms with E-state index in [4.69, 9.17) is 5.11 Å². The molecule has 20 heavy (non-hydrogen) atoms. The molecule has 0 radical (unpaired) electrons. The van der Waals surface area contributed by atoms with E-state index in [0.29, 0.717) is 18.8 Å². The second-order valence-electron chi connectivity index (χ2n) is 5.03. The number of amides is 2. The molecule has 0 aliphatic carbocycles. The number of aliphatic carboxylic acids is 1. The Hall–Kier alpha value is -1.85. The maximum Gasteiger partial charge on any atom is 0.326 e. The van der Waals surface area contributed by atoms with Crippen LogP contribution in [0.2, 0.25) is 0 Å². The number of allylic oxidation sites excluding steroid dienone is 1. The molecule has 0 aromatic carbocycles. The first-order valence-corrected chi connectivity index (χ1v) is 6.76. The molecule has 0 aliphatic rings. The molecule has 1 unspecified atom stereocenters. The smallest absolute Gasteiger partial charge is 0.326 e. The number of hydrogen-bond donors (Lipinski definition) is 3. The van der Waals surface area contributed by atoms with Crippen LogP contribution in [0.5, 0.6) is 0 Å². The summed E-state index contributed by atoms with van der Waals surface area (Å²) in [6, 6.07) is -0.951. The number of carboxylic acids is 1. The van der Waals surface area contributed by atoms with Crippen LogP contribution in [0.15, 0.2) is 12.7 Å². The highest BCUT2D eigenvalue weighted by molar-refractivity contribution is 5.87. The Kier molecular flexibility index (Phi) is 9.07. The van der Waals surface area contributed by atoms with Crippen molar-refractivity contribution >= 4 is 17.8 Å². The summed E-state index contributed by atoms with van der Waals surface area (Å²) < 4.78 is 0. The van der Waals surface area contributed by atoms with Crippen molar-refractivity contribution in [3.8, 4) is 0 Å². The lowest BCUT2D eigenvalue weighted by Gasteiger charge is -2.14. The number of carbonyl (C=O) groups is 3. The number of rotatable bonds is 10. The van der Waals surface area contributed by atoms with Crippen molar-refractivity contribution in [2.24, 2.45) is 5.92 Å². The molecule has 2 amide bonds. The van der Waals surface area contributed by atoms with Gasteiger partial charge in [0.15, 0.2) is 0 Å². The van der Waals surface area contributed by atoms with Gasteiger partial charge in [-0.25, -0.2) is 4.79 Å². The summed E-state index contributed by atoms with van der Waals surface area (Å²) in [5.74, 6) is -1.37. The van der Waals surface area contributed by atoms with Gasteiger partial charge in [0.25, 0.3) is 0 Å². The van der Waals surface area contributed by atoms with E-state index in [2.05, 4.69) is 17.2 Å². The highest BCUT2D eigenvalue weighted by atomic mass is 16.4. The second kappa shape index (κ2) is 10.00. The van der Waals surface area contributed by atoms with Crippen LogP contribution in [0.25, 0.3) is 0 Å². The second-order valence-corrected chi connectivity index (χ2v) is 5.03. The quantitative estimate of drug-likeness (QED) is 0.523. The predicted octanol–water partition coefficient (Wildman–Crippen LogP) is 1.07. The van der Waals surface area contributed by atoms with Gasteiger partial charge in [0, 0.05) is 6.42 Å². The van der Waals surface area contributed by atoms with E-state index < -0.39 is 17.9 Å². The van der Waals surface area contributed by atoms with E-state index in [9.17, 15) is 14.4 Å². The van der Waals surface area contributed by atoms with Crippen LogP contribution < -0.4 is 10.6 Å². The van der Waals surface area contributed by atoms with Gasteiger partial charge >= 0.3 is 5.97 Å². The Morgan fingerprint density at radius 1 is 1.20 bits per heavy atom. The number of hydrogen-bond acceptors (Lipinski definition) is 3. The van der Waals surface area contributed by atoms with Crippen LogP contribution >= 0.6 is 0 Å². The molecule has 114 valence electrons. The largest absolute Gasteiger partial charge is 0.480 e. The summed E-state index contributed by atoms with van der Waals surface area (Å²) in [4.78, 5) is 33.9. The fourth-order valence-electron chi connectivity index (χ4n) is 1.47. The molecule has 0 fully saturated rings. The Morgan fingerprint density at radius 2 is 1.85 bits per heavy atom. The third-order valence-electron chi connectivity index (χ3n) is 2.69. The van der Waals surface area contributed by atoms with Gasteiger partial charge in [-0.2, -0.15) is 0 Å². The monoisotopic (exact) mass is 284 g/mol. The van der Waals surface area contributed by atoms with Crippen LogP contribution in [-0.4, -0.2) is 35.5 Å². The van der Waals surface area contributed by atoms with Gasteiger partial charge in [0.1, 0.15) is 6.04 Å². The number of carbonyl (C=O) groups excluding carboxylic acids is 2. The molecule has 0 bridgehead atoms. The molecule has 0 saturated carbocycles. The van der Waals surface area contributed by atoms with E-state index in [1.165, 1.54) is 0 Å². The fraction of sp³-hybridized carbons (Fsp3) is 0.643. The van der Waals surface area contributed by atoms with Gasteiger partial charge in [-0.3, -0.25) is 9.59 Å². The normalized spacial score (nSPS) is 11.8. The lowest BCUT2D eigenvalue weighted by atomic mass is 10.1. The summed E-state index contributed by atoms with van der Waals surface area (Å²) in [5.41, 5.74) is 0. The number of carboxylic acid groups (broad SMARTS) is 1. The van der Waals surface area contributed by atoms with E-state index in [0.717, 1.165) is 6.42 Å². The maximum atomic E-state index is 11.5. The zero-order valence-electron chi connectivity index (χ0n) is 12.1. The first kappa shape index (κ1) is 18.1. The molecular weight excluding hydrogens is 260 g/mol.